The number of nitrogens with one attached hydrogen (secondary N) is 1. The number of hydrogen-bond donors (Lipinski definition) is 1. The molecule has 1 aromatic carbocycles. The van der Waals surface area contributed by atoms with E-state index in [1.54, 1.807) is 4.90 Å². The van der Waals surface area contributed by atoms with Crippen LogP contribution in [-0.2, 0) is 11.3 Å². The number of likely N-dealkylation sites (N-methyl/N-ethyl adjacent to an activating group) is 1. The molecule has 1 saturated heterocycles. The zero-order chi connectivity index (χ0) is 14.4. The van der Waals surface area contributed by atoms with E-state index in [2.05, 4.69) is 5.32 Å². The summed E-state index contributed by atoms with van der Waals surface area (Å²) in [6, 6.07) is 7.88. The lowest BCUT2D eigenvalue weighted by Crippen LogP contribution is -2.49. The Bertz CT molecular complexity index is 430. The number of hydrogen-bond acceptors (Lipinski definition) is 4. The molecule has 20 heavy (non-hydrogen) atoms. The predicted molar refractivity (Wildman–Crippen MR) is 83.2 cm³/mol. The van der Waals surface area contributed by atoms with Crippen LogP contribution in [0.2, 0.25) is 0 Å². The molecule has 1 aliphatic heterocycles. The van der Waals surface area contributed by atoms with Crippen LogP contribution < -0.4 is 10.1 Å². The van der Waals surface area contributed by atoms with Crippen LogP contribution in [0.15, 0.2) is 24.3 Å². The Hall–Kier alpha value is -1.20. The lowest BCUT2D eigenvalue weighted by molar-refractivity contribution is -0.132. The molecule has 1 aliphatic rings. The normalized spacial score (nSPS) is 18.6. The maximum absolute atomic E-state index is 12.3. The van der Waals surface area contributed by atoms with Crippen LogP contribution in [0.25, 0.3) is 0 Å². The first kappa shape index (κ1) is 15.2. The standard InChI is InChI=1S/C15H22N2O2S/c1-3-19-13-6-4-12(5-7-13)10-17(2)15(18)14-11-20-9-8-16-14/h4-7,14,16H,3,8-11H2,1-2H3. The molecule has 110 valence electrons. The molecule has 4 nitrogen and oxygen atoms in total. The van der Waals surface area contributed by atoms with Gasteiger partial charge in [0.15, 0.2) is 0 Å². The smallest absolute Gasteiger partial charge is 0.240 e. The summed E-state index contributed by atoms with van der Waals surface area (Å²) in [5.41, 5.74) is 1.12. The van der Waals surface area contributed by atoms with Gasteiger partial charge in [0.05, 0.1) is 12.6 Å². The van der Waals surface area contributed by atoms with Crippen LogP contribution in [0.5, 0.6) is 5.75 Å². The monoisotopic (exact) mass is 294 g/mol. The van der Waals surface area contributed by atoms with E-state index in [4.69, 9.17) is 4.74 Å². The van der Waals surface area contributed by atoms with Crippen molar-refractivity contribution in [1.82, 2.24) is 10.2 Å². The Labute approximate surface area is 124 Å². The molecule has 0 spiro atoms. The molecule has 5 heteroatoms. The van der Waals surface area contributed by atoms with E-state index in [1.807, 2.05) is 50.0 Å². The van der Waals surface area contributed by atoms with Gasteiger partial charge >= 0.3 is 0 Å². The number of amides is 1. The maximum Gasteiger partial charge on any atom is 0.240 e. The van der Waals surface area contributed by atoms with Crippen molar-refractivity contribution >= 4 is 17.7 Å². The predicted octanol–water partition coefficient (Wildman–Crippen LogP) is 1.75. The van der Waals surface area contributed by atoms with Crippen molar-refractivity contribution in [1.29, 1.82) is 0 Å². The minimum absolute atomic E-state index is 0.0403. The van der Waals surface area contributed by atoms with Gasteiger partial charge in [-0.15, -0.1) is 0 Å². The Kier molecular flexibility index (Phi) is 5.73. The fourth-order valence-electron chi connectivity index (χ4n) is 2.20. The first-order valence-corrected chi connectivity index (χ1v) is 8.14. The summed E-state index contributed by atoms with van der Waals surface area (Å²) in [6.45, 7) is 4.18. The van der Waals surface area contributed by atoms with Crippen molar-refractivity contribution in [2.45, 2.75) is 19.5 Å². The van der Waals surface area contributed by atoms with Gasteiger partial charge in [-0.05, 0) is 24.6 Å². The number of nitrogens with zero attached hydrogens (tertiary/aromatic N) is 1. The van der Waals surface area contributed by atoms with Crippen molar-refractivity contribution in [2.75, 3.05) is 31.7 Å². The highest BCUT2D eigenvalue weighted by Crippen LogP contribution is 2.15. The van der Waals surface area contributed by atoms with E-state index in [1.165, 1.54) is 0 Å². The minimum atomic E-state index is -0.0403. The molecular formula is C15H22N2O2S. The number of carbonyl (C=O) groups is 1. The summed E-state index contributed by atoms with van der Waals surface area (Å²) in [5.74, 6) is 3.00. The highest BCUT2D eigenvalue weighted by atomic mass is 32.2. The molecule has 1 heterocycles. The van der Waals surface area contributed by atoms with Crippen molar-refractivity contribution in [3.8, 4) is 5.75 Å². The lowest BCUT2D eigenvalue weighted by atomic mass is 10.2. The summed E-state index contributed by atoms with van der Waals surface area (Å²) >= 11 is 1.84. The Morgan fingerprint density at radius 2 is 2.20 bits per heavy atom. The van der Waals surface area contributed by atoms with Crippen molar-refractivity contribution in [3.63, 3.8) is 0 Å². The summed E-state index contributed by atoms with van der Waals surface area (Å²) in [5, 5.41) is 3.28. The van der Waals surface area contributed by atoms with Crippen molar-refractivity contribution in [2.24, 2.45) is 0 Å². The van der Waals surface area contributed by atoms with Crippen molar-refractivity contribution < 1.29 is 9.53 Å². The molecule has 0 aliphatic carbocycles. The van der Waals surface area contributed by atoms with Crippen LogP contribution in [0, 0.1) is 0 Å². The molecule has 1 fully saturated rings. The minimum Gasteiger partial charge on any atom is -0.494 e. The third-order valence-corrected chi connectivity index (χ3v) is 4.31. The lowest BCUT2D eigenvalue weighted by Gasteiger charge is -2.27. The van der Waals surface area contributed by atoms with Gasteiger partial charge in [-0.1, -0.05) is 12.1 Å². The molecule has 0 bridgehead atoms. The molecule has 1 N–H and O–H groups in total. The average molecular weight is 294 g/mol. The second-order valence-corrected chi connectivity index (χ2v) is 6.00. The van der Waals surface area contributed by atoms with E-state index in [0.29, 0.717) is 13.2 Å². The van der Waals surface area contributed by atoms with E-state index in [0.717, 1.165) is 29.4 Å². The summed E-state index contributed by atoms with van der Waals surface area (Å²) in [7, 11) is 1.86. The van der Waals surface area contributed by atoms with Crippen LogP contribution in [0.1, 0.15) is 12.5 Å². The van der Waals surface area contributed by atoms with E-state index in [-0.39, 0.29) is 11.9 Å². The van der Waals surface area contributed by atoms with Crippen LogP contribution >= 0.6 is 11.8 Å². The first-order valence-electron chi connectivity index (χ1n) is 6.98. The fourth-order valence-corrected chi connectivity index (χ4v) is 3.12. The number of rotatable bonds is 5. The van der Waals surface area contributed by atoms with Crippen molar-refractivity contribution in [3.05, 3.63) is 29.8 Å². The molecule has 0 saturated carbocycles. The molecular weight excluding hydrogens is 272 g/mol. The molecule has 1 aromatic rings. The largest absolute Gasteiger partial charge is 0.494 e. The summed E-state index contributed by atoms with van der Waals surface area (Å²) in [6.07, 6.45) is 0. The van der Waals surface area contributed by atoms with Crippen LogP contribution in [-0.4, -0.2) is 48.6 Å². The molecule has 0 radical (unpaired) electrons. The first-order chi connectivity index (χ1) is 9.70. The molecule has 1 atom stereocenters. The van der Waals surface area contributed by atoms with Gasteiger partial charge < -0.3 is 15.0 Å². The van der Waals surface area contributed by atoms with Crippen LogP contribution in [0.4, 0.5) is 0 Å². The number of thioether (sulfide) groups is 1. The second kappa shape index (κ2) is 7.55. The van der Waals surface area contributed by atoms with E-state index < -0.39 is 0 Å². The highest BCUT2D eigenvalue weighted by Gasteiger charge is 2.23. The Morgan fingerprint density at radius 1 is 1.45 bits per heavy atom. The molecule has 1 amide bonds. The Morgan fingerprint density at radius 3 is 2.80 bits per heavy atom. The average Bonchev–Trinajstić information content (AvgIpc) is 2.49. The number of ether oxygens (including phenoxy) is 1. The summed E-state index contributed by atoms with van der Waals surface area (Å²) in [4.78, 5) is 14.1. The maximum atomic E-state index is 12.3. The van der Waals surface area contributed by atoms with Gasteiger partial charge in [-0.3, -0.25) is 4.79 Å². The number of carbonyl (C=O) groups excluding carboxylic acids is 1. The van der Waals surface area contributed by atoms with Gasteiger partial charge in [-0.25, -0.2) is 0 Å². The molecule has 1 unspecified atom stereocenters. The van der Waals surface area contributed by atoms with Gasteiger partial charge in [0.1, 0.15) is 5.75 Å². The Balaban J connectivity index is 1.89. The molecule has 0 aromatic heterocycles. The zero-order valence-corrected chi connectivity index (χ0v) is 12.9. The van der Waals surface area contributed by atoms with Gasteiger partial charge in [0.25, 0.3) is 0 Å². The quantitative estimate of drug-likeness (QED) is 0.898. The van der Waals surface area contributed by atoms with E-state index in [9.17, 15) is 4.79 Å². The van der Waals surface area contributed by atoms with Gasteiger partial charge in [-0.2, -0.15) is 11.8 Å². The number of benzene rings is 1. The summed E-state index contributed by atoms with van der Waals surface area (Å²) < 4.78 is 5.42. The SMILES string of the molecule is CCOc1ccc(CN(C)C(=O)C2CSCCN2)cc1. The van der Waals surface area contributed by atoms with Gasteiger partial charge in [0.2, 0.25) is 5.91 Å². The van der Waals surface area contributed by atoms with Gasteiger partial charge in [0, 0.05) is 31.6 Å². The zero-order valence-electron chi connectivity index (χ0n) is 12.1. The second-order valence-electron chi connectivity index (χ2n) is 4.85. The van der Waals surface area contributed by atoms with Crippen LogP contribution in [0.3, 0.4) is 0 Å². The highest BCUT2D eigenvalue weighted by molar-refractivity contribution is 7.99. The fraction of sp³-hybridized carbons (Fsp3) is 0.533. The topological polar surface area (TPSA) is 41.6 Å². The van der Waals surface area contributed by atoms with E-state index >= 15 is 0 Å². The molecule has 2 rings (SSSR count). The third-order valence-electron chi connectivity index (χ3n) is 3.25. The third kappa shape index (κ3) is 4.15.